The van der Waals surface area contributed by atoms with Crippen LogP contribution in [0.5, 0.6) is 0 Å². The summed E-state index contributed by atoms with van der Waals surface area (Å²) in [6.45, 7) is 5.80. The molecule has 0 saturated heterocycles. The highest BCUT2D eigenvalue weighted by atomic mass is 16.5. The predicted molar refractivity (Wildman–Crippen MR) is 93.5 cm³/mol. The molecule has 0 radical (unpaired) electrons. The molecule has 0 fully saturated rings. The van der Waals surface area contributed by atoms with E-state index in [4.69, 9.17) is 9.72 Å². The van der Waals surface area contributed by atoms with Gasteiger partial charge < -0.3 is 15.0 Å². The molecule has 2 aromatic rings. The molecular formula is C18H24N4O. The molecule has 1 atom stereocenters. The summed E-state index contributed by atoms with van der Waals surface area (Å²) in [7, 11) is 1.72. The van der Waals surface area contributed by atoms with Crippen molar-refractivity contribution in [2.24, 2.45) is 0 Å². The van der Waals surface area contributed by atoms with Crippen molar-refractivity contribution in [3.05, 3.63) is 41.6 Å². The van der Waals surface area contributed by atoms with Crippen molar-refractivity contribution in [2.75, 3.05) is 30.5 Å². The molecule has 5 heteroatoms. The molecule has 0 aliphatic carbocycles. The van der Waals surface area contributed by atoms with E-state index in [1.807, 2.05) is 6.92 Å². The summed E-state index contributed by atoms with van der Waals surface area (Å²) in [5.74, 6) is 1.65. The first-order valence-electron chi connectivity index (χ1n) is 8.14. The molecule has 1 aromatic heterocycles. The van der Waals surface area contributed by atoms with E-state index in [1.54, 1.807) is 7.11 Å². The van der Waals surface area contributed by atoms with Gasteiger partial charge >= 0.3 is 0 Å². The average Bonchev–Trinajstić information content (AvgIpc) is 2.87. The molecule has 1 N–H and O–H groups in total. The number of ether oxygens (including phenoxy) is 1. The standard InChI is InChI=1S/C18H24N4O/c1-13-11-17(21-18(20-13)19-9-6-10-23-3)22-14(2)12-15-7-4-5-8-16(15)22/h4-5,7-8,11,14H,6,9-10,12H2,1-3H3,(H,19,20,21). The van der Waals surface area contributed by atoms with Crippen LogP contribution in [-0.4, -0.2) is 36.3 Å². The summed E-state index contributed by atoms with van der Waals surface area (Å²) in [6, 6.07) is 11.0. The number of fused-ring (bicyclic) bond motifs is 1. The van der Waals surface area contributed by atoms with Gasteiger partial charge in [-0.2, -0.15) is 4.98 Å². The molecule has 1 aromatic carbocycles. The molecule has 0 saturated carbocycles. The lowest BCUT2D eigenvalue weighted by Gasteiger charge is -2.24. The number of nitrogens with zero attached hydrogens (tertiary/aromatic N) is 3. The van der Waals surface area contributed by atoms with Gasteiger partial charge in [0.2, 0.25) is 5.95 Å². The molecule has 3 rings (SSSR count). The number of benzene rings is 1. The Kier molecular flexibility index (Phi) is 4.76. The van der Waals surface area contributed by atoms with Gasteiger partial charge in [-0.15, -0.1) is 0 Å². The van der Waals surface area contributed by atoms with E-state index in [9.17, 15) is 0 Å². The maximum Gasteiger partial charge on any atom is 0.224 e. The van der Waals surface area contributed by atoms with Crippen LogP contribution in [0, 0.1) is 6.92 Å². The highest BCUT2D eigenvalue weighted by Crippen LogP contribution is 2.37. The van der Waals surface area contributed by atoms with Gasteiger partial charge in [-0.3, -0.25) is 0 Å². The first kappa shape index (κ1) is 15.7. The van der Waals surface area contributed by atoms with Crippen LogP contribution < -0.4 is 10.2 Å². The van der Waals surface area contributed by atoms with Gasteiger partial charge in [0.1, 0.15) is 5.82 Å². The third-order valence-electron chi connectivity index (χ3n) is 4.10. The molecule has 0 spiro atoms. The van der Waals surface area contributed by atoms with Gasteiger partial charge in [-0.05, 0) is 38.3 Å². The molecule has 2 heterocycles. The number of anilines is 3. The van der Waals surface area contributed by atoms with Gasteiger partial charge in [-0.25, -0.2) is 4.98 Å². The second-order valence-electron chi connectivity index (χ2n) is 6.02. The fourth-order valence-electron chi connectivity index (χ4n) is 3.09. The Hall–Kier alpha value is -2.14. The lowest BCUT2D eigenvalue weighted by molar-refractivity contribution is 0.197. The van der Waals surface area contributed by atoms with Gasteiger partial charge in [0.15, 0.2) is 0 Å². The van der Waals surface area contributed by atoms with E-state index in [0.717, 1.165) is 37.5 Å². The lowest BCUT2D eigenvalue weighted by atomic mass is 10.1. The zero-order chi connectivity index (χ0) is 16.2. The van der Waals surface area contributed by atoms with Gasteiger partial charge in [0.25, 0.3) is 0 Å². The van der Waals surface area contributed by atoms with E-state index in [1.165, 1.54) is 11.3 Å². The Balaban J connectivity index is 1.84. The fraction of sp³-hybridized carbons (Fsp3) is 0.444. The van der Waals surface area contributed by atoms with Crippen LogP contribution >= 0.6 is 0 Å². The Morgan fingerprint density at radius 1 is 1.30 bits per heavy atom. The summed E-state index contributed by atoms with van der Waals surface area (Å²) in [6.07, 6.45) is 1.99. The van der Waals surface area contributed by atoms with Crippen LogP contribution in [0.4, 0.5) is 17.5 Å². The highest BCUT2D eigenvalue weighted by molar-refractivity contribution is 5.69. The van der Waals surface area contributed by atoms with Crippen molar-refractivity contribution in [3.63, 3.8) is 0 Å². The molecule has 1 aliphatic heterocycles. The van der Waals surface area contributed by atoms with Crippen molar-refractivity contribution < 1.29 is 4.74 Å². The fourth-order valence-corrected chi connectivity index (χ4v) is 3.09. The van der Waals surface area contributed by atoms with Crippen molar-refractivity contribution in [3.8, 4) is 0 Å². The van der Waals surface area contributed by atoms with E-state index in [0.29, 0.717) is 12.0 Å². The van der Waals surface area contributed by atoms with Crippen LogP contribution in [0.15, 0.2) is 30.3 Å². The molecule has 0 amide bonds. The third-order valence-corrected chi connectivity index (χ3v) is 4.10. The monoisotopic (exact) mass is 312 g/mol. The number of aryl methyl sites for hydroxylation is 1. The molecular weight excluding hydrogens is 288 g/mol. The molecule has 122 valence electrons. The summed E-state index contributed by atoms with van der Waals surface area (Å²) >= 11 is 0. The number of methoxy groups -OCH3 is 1. The van der Waals surface area contributed by atoms with Crippen molar-refractivity contribution >= 4 is 17.5 Å². The van der Waals surface area contributed by atoms with Gasteiger partial charge in [0, 0.05) is 43.8 Å². The maximum absolute atomic E-state index is 5.07. The smallest absolute Gasteiger partial charge is 0.224 e. The number of nitrogens with one attached hydrogen (secondary N) is 1. The first-order chi connectivity index (χ1) is 11.2. The third kappa shape index (κ3) is 3.45. The van der Waals surface area contributed by atoms with Gasteiger partial charge in [-0.1, -0.05) is 18.2 Å². The van der Waals surface area contributed by atoms with Crippen LogP contribution in [-0.2, 0) is 11.2 Å². The highest BCUT2D eigenvalue weighted by Gasteiger charge is 2.28. The van der Waals surface area contributed by atoms with E-state index in [2.05, 4.69) is 52.5 Å². The number of aromatic nitrogens is 2. The van der Waals surface area contributed by atoms with Crippen LogP contribution in [0.2, 0.25) is 0 Å². The van der Waals surface area contributed by atoms with E-state index >= 15 is 0 Å². The molecule has 1 aliphatic rings. The van der Waals surface area contributed by atoms with Crippen molar-refractivity contribution in [2.45, 2.75) is 32.7 Å². The second kappa shape index (κ2) is 6.96. The zero-order valence-corrected chi connectivity index (χ0v) is 14.0. The van der Waals surface area contributed by atoms with Crippen molar-refractivity contribution in [1.29, 1.82) is 0 Å². The predicted octanol–water partition coefficient (Wildman–Crippen LogP) is 3.32. The topological polar surface area (TPSA) is 50.3 Å². The normalized spacial score (nSPS) is 16.5. The Morgan fingerprint density at radius 2 is 2.13 bits per heavy atom. The minimum atomic E-state index is 0.406. The number of rotatable bonds is 6. The van der Waals surface area contributed by atoms with Crippen molar-refractivity contribution in [1.82, 2.24) is 9.97 Å². The maximum atomic E-state index is 5.07. The summed E-state index contributed by atoms with van der Waals surface area (Å²) in [5, 5.41) is 3.29. The van der Waals surface area contributed by atoms with E-state index in [-0.39, 0.29) is 0 Å². The average molecular weight is 312 g/mol. The minimum Gasteiger partial charge on any atom is -0.385 e. The molecule has 23 heavy (non-hydrogen) atoms. The Bertz CT molecular complexity index is 674. The summed E-state index contributed by atoms with van der Waals surface area (Å²) in [4.78, 5) is 11.5. The number of hydrogen-bond acceptors (Lipinski definition) is 5. The molecule has 1 unspecified atom stereocenters. The number of hydrogen-bond donors (Lipinski definition) is 1. The first-order valence-corrected chi connectivity index (χ1v) is 8.14. The Morgan fingerprint density at radius 3 is 2.96 bits per heavy atom. The summed E-state index contributed by atoms with van der Waals surface area (Å²) in [5.41, 5.74) is 3.61. The van der Waals surface area contributed by atoms with Crippen LogP contribution in [0.1, 0.15) is 24.6 Å². The van der Waals surface area contributed by atoms with Crippen LogP contribution in [0.25, 0.3) is 0 Å². The Labute approximate surface area is 137 Å². The second-order valence-corrected chi connectivity index (χ2v) is 6.02. The molecule has 0 bridgehead atoms. The van der Waals surface area contributed by atoms with E-state index < -0.39 is 0 Å². The number of para-hydroxylation sites is 1. The van der Waals surface area contributed by atoms with Crippen LogP contribution in [0.3, 0.4) is 0 Å². The lowest BCUT2D eigenvalue weighted by Crippen LogP contribution is -2.25. The summed E-state index contributed by atoms with van der Waals surface area (Å²) < 4.78 is 5.07. The largest absolute Gasteiger partial charge is 0.385 e. The molecule has 5 nitrogen and oxygen atoms in total. The van der Waals surface area contributed by atoms with Gasteiger partial charge in [0.05, 0.1) is 0 Å². The SMILES string of the molecule is COCCCNc1nc(C)cc(N2c3ccccc3CC2C)n1. The quantitative estimate of drug-likeness (QED) is 0.829. The minimum absolute atomic E-state index is 0.406. The zero-order valence-electron chi connectivity index (χ0n) is 14.0.